The lowest BCUT2D eigenvalue weighted by atomic mass is 10.1. The van der Waals surface area contributed by atoms with Crippen molar-refractivity contribution in [3.8, 4) is 28.5 Å². The van der Waals surface area contributed by atoms with Gasteiger partial charge in [0.2, 0.25) is 0 Å². The van der Waals surface area contributed by atoms with E-state index < -0.39 is 12.4 Å². The second-order valence-electron chi connectivity index (χ2n) is 9.76. The number of carbonyl (C=O) groups excluding carboxylic acids is 1. The average Bonchev–Trinajstić information content (AvgIpc) is 3.59. The topological polar surface area (TPSA) is 86.3 Å². The molecule has 2 amide bonds. The molecule has 8 nitrogen and oxygen atoms in total. The quantitative estimate of drug-likeness (QED) is 0.221. The Labute approximate surface area is 249 Å². The molecule has 2 heterocycles. The molecule has 12 heteroatoms. The molecule has 0 saturated carbocycles. The Hall–Kier alpha value is -4.97. The molecule has 3 aromatic carbocycles. The van der Waals surface area contributed by atoms with Gasteiger partial charge in [0.05, 0.1) is 11.4 Å². The number of alkyl halides is 3. The molecule has 5 rings (SSSR count). The molecule has 0 atom stereocenters. The second kappa shape index (κ2) is 12.1. The van der Waals surface area contributed by atoms with Crippen LogP contribution in [-0.2, 0) is 0 Å². The molecule has 220 valence electrons. The first-order chi connectivity index (χ1) is 20.5. The molecule has 2 aromatic heterocycles. The molecular weight excluding hydrogens is 577 g/mol. The van der Waals surface area contributed by atoms with E-state index in [9.17, 15) is 18.0 Å². The summed E-state index contributed by atoms with van der Waals surface area (Å²) >= 11 is 1.40. The fraction of sp³-hybridized carbons (Fsp3) is 0.161. The lowest BCUT2D eigenvalue weighted by Gasteiger charge is -2.12. The van der Waals surface area contributed by atoms with Crippen LogP contribution in [0.3, 0.4) is 0 Å². The number of rotatable bonds is 6. The Kier molecular flexibility index (Phi) is 8.31. The van der Waals surface area contributed by atoms with Crippen molar-refractivity contribution >= 4 is 22.9 Å². The molecule has 0 bridgehead atoms. The monoisotopic (exact) mass is 604 g/mol. The number of amides is 2. The van der Waals surface area contributed by atoms with Crippen molar-refractivity contribution in [1.29, 1.82) is 0 Å². The van der Waals surface area contributed by atoms with E-state index in [-0.39, 0.29) is 5.75 Å². The number of nitrogens with zero attached hydrogens (tertiary/aromatic N) is 5. The zero-order valence-corrected chi connectivity index (χ0v) is 24.5. The summed E-state index contributed by atoms with van der Waals surface area (Å²) in [4.78, 5) is 22.0. The van der Waals surface area contributed by atoms with Crippen LogP contribution in [0.25, 0.3) is 28.3 Å². The molecule has 0 spiro atoms. The minimum atomic E-state index is -4.75. The first kappa shape index (κ1) is 29.5. The van der Waals surface area contributed by atoms with Gasteiger partial charge in [-0.1, -0.05) is 42.5 Å². The van der Waals surface area contributed by atoms with Crippen molar-refractivity contribution in [3.05, 3.63) is 112 Å². The summed E-state index contributed by atoms with van der Waals surface area (Å²) in [7, 11) is 0. The highest BCUT2D eigenvalue weighted by molar-refractivity contribution is 7.07. The maximum absolute atomic E-state index is 12.7. The van der Waals surface area contributed by atoms with Crippen LogP contribution in [0.1, 0.15) is 29.3 Å². The first-order valence-electron chi connectivity index (χ1n) is 13.1. The zero-order valence-electron chi connectivity index (χ0n) is 23.7. The minimum Gasteiger partial charge on any atom is -0.406 e. The van der Waals surface area contributed by atoms with Gasteiger partial charge in [-0.25, -0.2) is 14.5 Å². The fourth-order valence-corrected chi connectivity index (χ4v) is 5.33. The van der Waals surface area contributed by atoms with Crippen molar-refractivity contribution in [2.75, 3.05) is 0 Å². The summed E-state index contributed by atoms with van der Waals surface area (Å²) < 4.78 is 44.6. The zero-order chi connectivity index (χ0) is 30.7. The number of halogens is 3. The van der Waals surface area contributed by atoms with Crippen molar-refractivity contribution in [2.24, 2.45) is 4.99 Å². The first-order valence-corrected chi connectivity index (χ1v) is 14.0. The molecule has 0 radical (unpaired) electrons. The predicted molar refractivity (Wildman–Crippen MR) is 159 cm³/mol. The van der Waals surface area contributed by atoms with Crippen LogP contribution in [0, 0.1) is 20.8 Å². The number of allylic oxidation sites excluding steroid dienone is 1. The number of benzene rings is 3. The Morgan fingerprint density at radius 3 is 2.33 bits per heavy atom. The molecule has 0 saturated heterocycles. The number of hydrogen-bond donors (Lipinski definition) is 1. The Morgan fingerprint density at radius 2 is 1.67 bits per heavy atom. The van der Waals surface area contributed by atoms with Gasteiger partial charge in [0.15, 0.2) is 10.6 Å². The lowest BCUT2D eigenvalue weighted by Crippen LogP contribution is -2.22. The van der Waals surface area contributed by atoms with Gasteiger partial charge >= 0.3 is 12.4 Å². The summed E-state index contributed by atoms with van der Waals surface area (Å²) in [5, 5.41) is 9.16. The maximum Gasteiger partial charge on any atom is 0.573 e. The SMILES string of the molecule is C/C(=C\NC(=O)N=c1scc(C)n1-c1c(C)cccc1C)c1ccc(-c2ncn(-c3ccc(OC(F)(F)F)cc3)n2)cc1. The maximum atomic E-state index is 12.7. The number of hydrogen-bond acceptors (Lipinski definition) is 5. The standard InChI is InChI=1S/C31H27F3N6O2S/c1-19-6-5-7-20(2)27(19)40-22(4)17-43-30(40)37-29(41)35-16-21(3)23-8-10-24(11-9-23)28-36-18-39(38-28)25-12-14-26(15-13-25)42-31(32,33)34/h5-18H,1-4H3,(H,35,41)/b21-16+,37-30?. The molecule has 43 heavy (non-hydrogen) atoms. The van der Waals surface area contributed by atoms with Gasteiger partial charge in [-0.15, -0.1) is 29.6 Å². The van der Waals surface area contributed by atoms with Crippen LogP contribution in [-0.4, -0.2) is 31.7 Å². The highest BCUT2D eigenvalue weighted by Gasteiger charge is 2.31. The van der Waals surface area contributed by atoms with E-state index in [1.807, 2.05) is 80.1 Å². The number of ether oxygens (including phenoxy) is 1. The number of aryl methyl sites for hydroxylation is 3. The van der Waals surface area contributed by atoms with E-state index >= 15 is 0 Å². The average molecular weight is 605 g/mol. The van der Waals surface area contributed by atoms with Gasteiger partial charge in [0.25, 0.3) is 0 Å². The molecule has 0 aliphatic carbocycles. The molecule has 0 aliphatic rings. The third kappa shape index (κ3) is 6.92. The number of carbonyl (C=O) groups is 1. The van der Waals surface area contributed by atoms with Crippen molar-refractivity contribution in [3.63, 3.8) is 0 Å². The third-order valence-electron chi connectivity index (χ3n) is 6.58. The summed E-state index contributed by atoms with van der Waals surface area (Å²) in [5.74, 6) is 0.127. The smallest absolute Gasteiger partial charge is 0.406 e. The van der Waals surface area contributed by atoms with Gasteiger partial charge in [-0.3, -0.25) is 4.57 Å². The summed E-state index contributed by atoms with van der Waals surface area (Å²) in [6, 6.07) is 18.4. The largest absolute Gasteiger partial charge is 0.573 e. The fourth-order valence-electron chi connectivity index (χ4n) is 4.48. The molecule has 5 aromatic rings. The third-order valence-corrected chi connectivity index (χ3v) is 7.52. The second-order valence-corrected chi connectivity index (χ2v) is 10.6. The van der Waals surface area contributed by atoms with Crippen molar-refractivity contribution < 1.29 is 22.7 Å². The van der Waals surface area contributed by atoms with Gasteiger partial charge in [-0.05, 0) is 74.2 Å². The summed E-state index contributed by atoms with van der Waals surface area (Å²) in [6.07, 6.45) is -1.66. The lowest BCUT2D eigenvalue weighted by molar-refractivity contribution is -0.274. The predicted octanol–water partition coefficient (Wildman–Crippen LogP) is 7.28. The number of para-hydroxylation sites is 1. The Morgan fingerprint density at radius 1 is 1.00 bits per heavy atom. The molecule has 0 unspecified atom stereocenters. The number of aromatic nitrogens is 4. The van der Waals surface area contributed by atoms with E-state index in [0.29, 0.717) is 16.3 Å². The summed E-state index contributed by atoms with van der Waals surface area (Å²) in [5.41, 5.74) is 7.18. The normalized spacial score (nSPS) is 12.4. The van der Waals surface area contributed by atoms with Crippen LogP contribution in [0.15, 0.2) is 89.6 Å². The van der Waals surface area contributed by atoms with Crippen LogP contribution in [0.2, 0.25) is 0 Å². The molecule has 0 aliphatic heterocycles. The highest BCUT2D eigenvalue weighted by Crippen LogP contribution is 2.25. The Balaban J connectivity index is 1.27. The van der Waals surface area contributed by atoms with E-state index in [2.05, 4.69) is 25.1 Å². The van der Waals surface area contributed by atoms with Crippen LogP contribution in [0.4, 0.5) is 18.0 Å². The van der Waals surface area contributed by atoms with Crippen LogP contribution in [0.5, 0.6) is 5.75 Å². The minimum absolute atomic E-state index is 0.317. The van der Waals surface area contributed by atoms with Gasteiger partial charge in [-0.2, -0.15) is 4.99 Å². The van der Waals surface area contributed by atoms with Gasteiger partial charge in [0.1, 0.15) is 12.1 Å². The molecule has 0 fully saturated rings. The van der Waals surface area contributed by atoms with E-state index in [4.69, 9.17) is 0 Å². The molecular formula is C31H27F3N6O2S. The van der Waals surface area contributed by atoms with Gasteiger partial charge in [0, 0.05) is 22.8 Å². The van der Waals surface area contributed by atoms with Crippen molar-refractivity contribution in [2.45, 2.75) is 34.1 Å². The number of nitrogens with one attached hydrogen (secondary N) is 1. The molecule has 1 N–H and O–H groups in total. The van der Waals surface area contributed by atoms with Crippen molar-refractivity contribution in [1.82, 2.24) is 24.6 Å². The van der Waals surface area contributed by atoms with Crippen LogP contribution < -0.4 is 14.9 Å². The highest BCUT2D eigenvalue weighted by atomic mass is 32.1. The Bertz CT molecular complexity index is 1850. The van der Waals surface area contributed by atoms with Gasteiger partial charge < -0.3 is 10.1 Å². The number of thiazole rings is 1. The van der Waals surface area contributed by atoms with E-state index in [1.165, 1.54) is 46.6 Å². The summed E-state index contributed by atoms with van der Waals surface area (Å²) in [6.45, 7) is 7.93. The number of urea groups is 1. The van der Waals surface area contributed by atoms with E-state index in [0.717, 1.165) is 39.2 Å². The van der Waals surface area contributed by atoms with Crippen LogP contribution >= 0.6 is 11.3 Å². The van der Waals surface area contributed by atoms with E-state index in [1.54, 1.807) is 6.20 Å².